The summed E-state index contributed by atoms with van der Waals surface area (Å²) in [6.07, 6.45) is 5.18. The highest BCUT2D eigenvalue weighted by atomic mass is 35.5. The number of hydrogen-bond acceptors (Lipinski definition) is 3. The molecule has 1 aromatic carbocycles. The number of nitrogens with zero attached hydrogens (tertiary/aromatic N) is 1. The van der Waals surface area contributed by atoms with Crippen molar-refractivity contribution in [2.24, 2.45) is 5.73 Å². The number of aromatic nitrogens is 3. The van der Waals surface area contributed by atoms with Crippen LogP contribution in [0.5, 0.6) is 5.75 Å². The lowest BCUT2D eigenvalue weighted by molar-refractivity contribution is -0.119. The first-order chi connectivity index (χ1) is 10.1. The summed E-state index contributed by atoms with van der Waals surface area (Å²) < 4.78 is 5.45. The van der Waals surface area contributed by atoms with E-state index in [1.165, 1.54) is 0 Å². The highest BCUT2D eigenvalue weighted by Crippen LogP contribution is 2.42. The number of halogens is 2. The van der Waals surface area contributed by atoms with Gasteiger partial charge in [-0.2, -0.15) is 5.10 Å². The zero-order valence-corrected chi connectivity index (χ0v) is 12.1. The number of benzene rings is 1. The molecular weight excluding hydrogens is 315 g/mol. The average Bonchev–Trinajstić information content (AvgIpc) is 3.09. The van der Waals surface area contributed by atoms with Crippen molar-refractivity contribution in [3.05, 3.63) is 34.7 Å². The molecule has 21 heavy (non-hydrogen) atoms. The third-order valence-electron chi connectivity index (χ3n) is 2.99. The van der Waals surface area contributed by atoms with Gasteiger partial charge in [0.05, 0.1) is 27.1 Å². The van der Waals surface area contributed by atoms with Gasteiger partial charge in [-0.15, -0.1) is 0 Å². The first-order valence-electron chi connectivity index (χ1n) is 5.97. The molecule has 0 fully saturated rings. The van der Waals surface area contributed by atoms with Gasteiger partial charge in [0.1, 0.15) is 5.75 Å². The van der Waals surface area contributed by atoms with Crippen LogP contribution in [0.3, 0.4) is 0 Å². The van der Waals surface area contributed by atoms with E-state index in [9.17, 15) is 4.79 Å². The largest absolute Gasteiger partial charge is 0.483 e. The van der Waals surface area contributed by atoms with Crippen LogP contribution in [-0.2, 0) is 4.79 Å². The maximum absolute atomic E-state index is 10.9. The molecule has 0 unspecified atom stereocenters. The number of H-pyrrole nitrogens is 2. The Bertz CT molecular complexity index is 811. The summed E-state index contributed by atoms with van der Waals surface area (Å²) in [5.74, 6) is -0.148. The van der Waals surface area contributed by atoms with Gasteiger partial charge in [-0.25, -0.2) is 0 Å². The lowest BCUT2D eigenvalue weighted by Gasteiger charge is -2.09. The van der Waals surface area contributed by atoms with E-state index in [1.807, 2.05) is 0 Å². The Morgan fingerprint density at radius 3 is 2.86 bits per heavy atom. The Kier molecular flexibility index (Phi) is 3.48. The van der Waals surface area contributed by atoms with E-state index in [1.54, 1.807) is 24.7 Å². The third-order valence-corrected chi connectivity index (χ3v) is 3.78. The van der Waals surface area contributed by atoms with Crippen molar-refractivity contribution in [1.82, 2.24) is 15.2 Å². The minimum absolute atomic E-state index is 0.247. The smallest absolute Gasteiger partial charge is 0.255 e. The number of nitrogens with one attached hydrogen (secondary N) is 2. The molecule has 6 nitrogen and oxygen atoms in total. The van der Waals surface area contributed by atoms with Crippen molar-refractivity contribution in [2.75, 3.05) is 6.61 Å². The number of amides is 1. The molecule has 2 aromatic heterocycles. The summed E-state index contributed by atoms with van der Waals surface area (Å²) in [6.45, 7) is -0.247. The molecule has 0 bridgehead atoms. The van der Waals surface area contributed by atoms with E-state index >= 15 is 0 Å². The maximum atomic E-state index is 10.9. The van der Waals surface area contributed by atoms with Crippen LogP contribution in [0.2, 0.25) is 10.0 Å². The Labute approximate surface area is 129 Å². The zero-order chi connectivity index (χ0) is 15.0. The third kappa shape index (κ3) is 2.43. The van der Waals surface area contributed by atoms with Crippen LogP contribution in [0, 0.1) is 0 Å². The SMILES string of the molecule is NC(=O)COc1cc(Cl)c(Cl)c2[nH]cc(-c3cn[nH]c3)c12. The number of carbonyl (C=O) groups excluding carboxylic acids is 1. The summed E-state index contributed by atoms with van der Waals surface area (Å²) in [5, 5.41) is 8.08. The molecule has 0 saturated heterocycles. The summed E-state index contributed by atoms with van der Waals surface area (Å²) in [7, 11) is 0. The van der Waals surface area contributed by atoms with Crippen molar-refractivity contribution < 1.29 is 9.53 Å². The Balaban J connectivity index is 2.22. The standard InChI is InChI=1S/C13H10Cl2N4O2/c14-8-1-9(21-5-10(16)20)11-7(6-2-18-19-3-6)4-17-13(11)12(8)15/h1-4,17H,5H2,(H2,16,20)(H,18,19). The predicted molar refractivity (Wildman–Crippen MR) is 80.6 cm³/mol. The quantitative estimate of drug-likeness (QED) is 0.688. The molecule has 3 rings (SSSR count). The number of carbonyl (C=O) groups is 1. The lowest BCUT2D eigenvalue weighted by Crippen LogP contribution is -2.20. The summed E-state index contributed by atoms with van der Waals surface area (Å²) >= 11 is 12.3. The average molecular weight is 325 g/mol. The fourth-order valence-corrected chi connectivity index (χ4v) is 2.51. The Morgan fingerprint density at radius 1 is 1.38 bits per heavy atom. The van der Waals surface area contributed by atoms with Crippen LogP contribution in [0.1, 0.15) is 0 Å². The van der Waals surface area contributed by atoms with E-state index in [4.69, 9.17) is 33.7 Å². The normalized spacial score (nSPS) is 11.0. The number of ether oxygens (including phenoxy) is 1. The Hall–Kier alpha value is -2.18. The van der Waals surface area contributed by atoms with Gasteiger partial charge in [0.25, 0.3) is 5.91 Å². The first kappa shape index (κ1) is 13.8. The van der Waals surface area contributed by atoms with E-state index < -0.39 is 5.91 Å². The summed E-state index contributed by atoms with van der Waals surface area (Å²) in [4.78, 5) is 14.0. The van der Waals surface area contributed by atoms with Crippen LogP contribution in [0.25, 0.3) is 22.0 Å². The fourth-order valence-electron chi connectivity index (χ4n) is 2.11. The molecule has 0 saturated carbocycles. The number of primary amides is 1. The van der Waals surface area contributed by atoms with Gasteiger partial charge in [0, 0.05) is 29.6 Å². The second-order valence-electron chi connectivity index (χ2n) is 4.36. The molecule has 8 heteroatoms. The number of fused-ring (bicyclic) bond motifs is 1. The van der Waals surface area contributed by atoms with E-state index in [-0.39, 0.29) is 6.61 Å². The highest BCUT2D eigenvalue weighted by molar-refractivity contribution is 6.45. The zero-order valence-electron chi connectivity index (χ0n) is 10.6. The lowest BCUT2D eigenvalue weighted by atomic mass is 10.1. The van der Waals surface area contributed by atoms with Crippen molar-refractivity contribution in [3.63, 3.8) is 0 Å². The van der Waals surface area contributed by atoms with Crippen LogP contribution in [0.15, 0.2) is 24.7 Å². The fraction of sp³-hybridized carbons (Fsp3) is 0.0769. The van der Waals surface area contributed by atoms with Crippen LogP contribution >= 0.6 is 23.2 Å². The van der Waals surface area contributed by atoms with Crippen LogP contribution in [-0.4, -0.2) is 27.7 Å². The van der Waals surface area contributed by atoms with Gasteiger partial charge in [-0.05, 0) is 0 Å². The van der Waals surface area contributed by atoms with Gasteiger partial charge in [-0.3, -0.25) is 9.89 Å². The number of rotatable bonds is 4. The number of hydrogen-bond donors (Lipinski definition) is 3. The second-order valence-corrected chi connectivity index (χ2v) is 5.15. The summed E-state index contributed by atoms with van der Waals surface area (Å²) in [6, 6.07) is 1.56. The van der Waals surface area contributed by atoms with E-state index in [0.29, 0.717) is 26.7 Å². The number of nitrogens with two attached hydrogens (primary N) is 1. The molecular formula is C13H10Cl2N4O2. The van der Waals surface area contributed by atoms with Crippen LogP contribution in [0.4, 0.5) is 0 Å². The molecule has 0 aliphatic heterocycles. The Morgan fingerprint density at radius 2 is 2.19 bits per heavy atom. The van der Waals surface area contributed by atoms with Gasteiger partial charge >= 0.3 is 0 Å². The van der Waals surface area contributed by atoms with Crippen molar-refractivity contribution in [2.45, 2.75) is 0 Å². The van der Waals surface area contributed by atoms with Gasteiger partial charge in [-0.1, -0.05) is 23.2 Å². The molecule has 0 radical (unpaired) electrons. The maximum Gasteiger partial charge on any atom is 0.255 e. The topological polar surface area (TPSA) is 96.8 Å². The first-order valence-corrected chi connectivity index (χ1v) is 6.73. The molecule has 0 spiro atoms. The summed E-state index contributed by atoms with van der Waals surface area (Å²) in [5.41, 5.74) is 7.42. The number of aromatic amines is 2. The second kappa shape index (κ2) is 5.31. The molecule has 0 atom stereocenters. The molecule has 0 aliphatic rings. The van der Waals surface area contributed by atoms with Crippen molar-refractivity contribution in [3.8, 4) is 16.9 Å². The van der Waals surface area contributed by atoms with Crippen LogP contribution < -0.4 is 10.5 Å². The molecule has 4 N–H and O–H groups in total. The molecule has 0 aliphatic carbocycles. The molecule has 108 valence electrons. The molecule has 3 aromatic rings. The van der Waals surface area contributed by atoms with Crippen molar-refractivity contribution >= 4 is 40.0 Å². The van der Waals surface area contributed by atoms with E-state index in [0.717, 1.165) is 11.1 Å². The van der Waals surface area contributed by atoms with Gasteiger partial charge in [0.15, 0.2) is 6.61 Å². The minimum Gasteiger partial charge on any atom is -0.483 e. The van der Waals surface area contributed by atoms with E-state index in [2.05, 4.69) is 15.2 Å². The molecule has 1 amide bonds. The monoisotopic (exact) mass is 324 g/mol. The van der Waals surface area contributed by atoms with Gasteiger partial charge in [0.2, 0.25) is 0 Å². The highest BCUT2D eigenvalue weighted by Gasteiger charge is 2.18. The van der Waals surface area contributed by atoms with Gasteiger partial charge < -0.3 is 15.5 Å². The molecule has 2 heterocycles. The van der Waals surface area contributed by atoms with Crippen molar-refractivity contribution in [1.29, 1.82) is 0 Å². The predicted octanol–water partition coefficient (Wildman–Crippen LogP) is 2.73. The minimum atomic E-state index is -0.574.